The first-order valence-corrected chi connectivity index (χ1v) is 8.67. The fraction of sp³-hybridized carbons (Fsp3) is 0.474. The van der Waals surface area contributed by atoms with E-state index in [-0.39, 0.29) is 0 Å². The summed E-state index contributed by atoms with van der Waals surface area (Å²) in [6.45, 7) is 5.19. The van der Waals surface area contributed by atoms with Crippen LogP contribution < -0.4 is 24.8 Å². The second-order valence-corrected chi connectivity index (χ2v) is 6.06. The van der Waals surface area contributed by atoms with Crippen LogP contribution in [0.3, 0.4) is 0 Å². The highest BCUT2D eigenvalue weighted by Gasteiger charge is 2.14. The second-order valence-electron chi connectivity index (χ2n) is 6.06. The number of aliphatic imine (C=N–C) groups is 1. The SMILES string of the molecule is CN=C(NCc1c(OC)cc(OC)cc1OC)NCc1c(C)nn(C)c1C. The first-order chi connectivity index (χ1) is 12.9. The molecule has 0 aliphatic carbocycles. The molecular weight excluding hydrogens is 346 g/mol. The quantitative estimate of drug-likeness (QED) is 0.568. The van der Waals surface area contributed by atoms with E-state index in [2.05, 4.69) is 27.6 Å². The molecule has 148 valence electrons. The van der Waals surface area contributed by atoms with Gasteiger partial charge in [0.05, 0.1) is 39.1 Å². The van der Waals surface area contributed by atoms with E-state index >= 15 is 0 Å². The summed E-state index contributed by atoms with van der Waals surface area (Å²) in [6.07, 6.45) is 0. The second kappa shape index (κ2) is 9.16. The molecule has 0 unspecified atom stereocenters. The average Bonchev–Trinajstić information content (AvgIpc) is 2.93. The summed E-state index contributed by atoms with van der Waals surface area (Å²) < 4.78 is 18.1. The number of hydrogen-bond acceptors (Lipinski definition) is 5. The zero-order chi connectivity index (χ0) is 20.0. The van der Waals surface area contributed by atoms with Gasteiger partial charge in [-0.1, -0.05) is 0 Å². The van der Waals surface area contributed by atoms with E-state index in [0.717, 1.165) is 17.0 Å². The van der Waals surface area contributed by atoms with Gasteiger partial charge in [-0.2, -0.15) is 5.10 Å². The van der Waals surface area contributed by atoms with Crippen molar-refractivity contribution in [1.29, 1.82) is 0 Å². The van der Waals surface area contributed by atoms with Crippen LogP contribution in [0.1, 0.15) is 22.5 Å². The summed E-state index contributed by atoms with van der Waals surface area (Å²) >= 11 is 0. The first kappa shape index (κ1) is 20.4. The zero-order valence-electron chi connectivity index (χ0n) is 17.1. The Balaban J connectivity index is 2.10. The summed E-state index contributed by atoms with van der Waals surface area (Å²) in [5, 5.41) is 11.1. The number of nitrogens with one attached hydrogen (secondary N) is 2. The van der Waals surface area contributed by atoms with Crippen molar-refractivity contribution in [2.24, 2.45) is 12.0 Å². The third kappa shape index (κ3) is 4.64. The largest absolute Gasteiger partial charge is 0.496 e. The minimum atomic E-state index is 0.487. The lowest BCUT2D eigenvalue weighted by Gasteiger charge is -2.17. The molecule has 0 atom stereocenters. The number of aryl methyl sites for hydroxylation is 2. The van der Waals surface area contributed by atoms with Gasteiger partial charge in [0, 0.05) is 44.0 Å². The van der Waals surface area contributed by atoms with Crippen molar-refractivity contribution in [2.75, 3.05) is 28.4 Å². The van der Waals surface area contributed by atoms with Crippen molar-refractivity contribution in [2.45, 2.75) is 26.9 Å². The summed E-state index contributed by atoms with van der Waals surface area (Å²) in [5.41, 5.74) is 4.20. The van der Waals surface area contributed by atoms with E-state index in [0.29, 0.717) is 36.3 Å². The molecule has 2 aromatic rings. The molecule has 1 aromatic carbocycles. The van der Waals surface area contributed by atoms with Crippen LogP contribution in [0.25, 0.3) is 0 Å². The third-order valence-corrected chi connectivity index (χ3v) is 4.56. The fourth-order valence-electron chi connectivity index (χ4n) is 2.89. The van der Waals surface area contributed by atoms with Crippen molar-refractivity contribution in [1.82, 2.24) is 20.4 Å². The van der Waals surface area contributed by atoms with Crippen LogP contribution in [0.4, 0.5) is 0 Å². The Morgan fingerprint density at radius 2 is 1.56 bits per heavy atom. The van der Waals surface area contributed by atoms with Crippen molar-refractivity contribution >= 4 is 5.96 Å². The molecule has 0 aliphatic heterocycles. The maximum Gasteiger partial charge on any atom is 0.191 e. The van der Waals surface area contributed by atoms with Gasteiger partial charge in [0.2, 0.25) is 0 Å². The van der Waals surface area contributed by atoms with Gasteiger partial charge in [0.15, 0.2) is 5.96 Å². The molecule has 0 radical (unpaired) electrons. The Labute approximate surface area is 160 Å². The maximum absolute atomic E-state index is 5.49. The van der Waals surface area contributed by atoms with E-state index in [1.165, 1.54) is 5.56 Å². The number of ether oxygens (including phenoxy) is 3. The highest BCUT2D eigenvalue weighted by molar-refractivity contribution is 5.79. The predicted octanol–water partition coefficient (Wildman–Crippen LogP) is 1.93. The third-order valence-electron chi connectivity index (χ3n) is 4.56. The van der Waals surface area contributed by atoms with Crippen molar-refractivity contribution in [3.05, 3.63) is 34.6 Å². The normalized spacial score (nSPS) is 11.3. The lowest BCUT2D eigenvalue weighted by Crippen LogP contribution is -2.36. The van der Waals surface area contributed by atoms with Gasteiger partial charge in [-0.3, -0.25) is 9.67 Å². The predicted molar refractivity (Wildman–Crippen MR) is 106 cm³/mol. The average molecular weight is 375 g/mol. The molecule has 0 amide bonds. The first-order valence-electron chi connectivity index (χ1n) is 8.67. The van der Waals surface area contributed by atoms with Gasteiger partial charge in [-0.05, 0) is 13.8 Å². The number of rotatable bonds is 7. The number of guanidine groups is 1. The van der Waals surface area contributed by atoms with E-state index in [1.807, 2.05) is 30.8 Å². The number of benzene rings is 1. The highest BCUT2D eigenvalue weighted by Crippen LogP contribution is 2.33. The lowest BCUT2D eigenvalue weighted by molar-refractivity contribution is 0.368. The molecule has 1 aromatic heterocycles. The minimum absolute atomic E-state index is 0.487. The van der Waals surface area contributed by atoms with Gasteiger partial charge in [0.25, 0.3) is 0 Å². The topological polar surface area (TPSA) is 81.9 Å². The molecule has 2 rings (SSSR count). The molecule has 0 saturated carbocycles. The van der Waals surface area contributed by atoms with Gasteiger partial charge >= 0.3 is 0 Å². The summed E-state index contributed by atoms with van der Waals surface area (Å²) in [5.74, 6) is 2.73. The van der Waals surface area contributed by atoms with Gasteiger partial charge in [-0.25, -0.2) is 0 Å². The molecule has 1 heterocycles. The summed E-state index contributed by atoms with van der Waals surface area (Å²) in [4.78, 5) is 4.29. The molecule has 0 bridgehead atoms. The van der Waals surface area contributed by atoms with Crippen molar-refractivity contribution < 1.29 is 14.2 Å². The zero-order valence-corrected chi connectivity index (χ0v) is 17.1. The molecule has 8 heteroatoms. The fourth-order valence-corrected chi connectivity index (χ4v) is 2.89. The molecule has 0 saturated heterocycles. The Hall–Kier alpha value is -2.90. The van der Waals surface area contributed by atoms with Gasteiger partial charge < -0.3 is 24.8 Å². The Kier molecular flexibility index (Phi) is 6.92. The van der Waals surface area contributed by atoms with Gasteiger partial charge in [-0.15, -0.1) is 0 Å². The number of methoxy groups -OCH3 is 3. The van der Waals surface area contributed by atoms with Crippen molar-refractivity contribution in [3.63, 3.8) is 0 Å². The van der Waals surface area contributed by atoms with E-state index in [9.17, 15) is 0 Å². The van der Waals surface area contributed by atoms with Crippen LogP contribution in [-0.4, -0.2) is 44.1 Å². The van der Waals surface area contributed by atoms with Crippen LogP contribution in [0.2, 0.25) is 0 Å². The van der Waals surface area contributed by atoms with Crippen LogP contribution in [-0.2, 0) is 20.1 Å². The number of hydrogen-bond donors (Lipinski definition) is 2. The molecular formula is C19H29N5O3. The van der Waals surface area contributed by atoms with Crippen molar-refractivity contribution in [3.8, 4) is 17.2 Å². The van der Waals surface area contributed by atoms with E-state index in [4.69, 9.17) is 14.2 Å². The summed E-state index contributed by atoms with van der Waals surface area (Å²) in [7, 11) is 8.54. The Bertz CT molecular complexity index is 789. The van der Waals surface area contributed by atoms with E-state index in [1.54, 1.807) is 28.4 Å². The van der Waals surface area contributed by atoms with Crippen LogP contribution >= 0.6 is 0 Å². The Morgan fingerprint density at radius 1 is 1.00 bits per heavy atom. The molecule has 0 fully saturated rings. The molecule has 8 nitrogen and oxygen atoms in total. The van der Waals surface area contributed by atoms with Gasteiger partial charge in [0.1, 0.15) is 17.2 Å². The summed E-state index contributed by atoms with van der Waals surface area (Å²) in [6, 6.07) is 3.66. The lowest BCUT2D eigenvalue weighted by atomic mass is 10.1. The number of nitrogens with zero attached hydrogens (tertiary/aromatic N) is 3. The number of aromatic nitrogens is 2. The monoisotopic (exact) mass is 375 g/mol. The highest BCUT2D eigenvalue weighted by atomic mass is 16.5. The molecule has 0 spiro atoms. The molecule has 0 aliphatic rings. The van der Waals surface area contributed by atoms with Crippen LogP contribution in [0, 0.1) is 13.8 Å². The molecule has 27 heavy (non-hydrogen) atoms. The molecule has 2 N–H and O–H groups in total. The maximum atomic E-state index is 5.49. The van der Waals surface area contributed by atoms with E-state index < -0.39 is 0 Å². The minimum Gasteiger partial charge on any atom is -0.496 e. The standard InChI is InChI=1S/C19H29N5O3/c1-12-15(13(2)24(4)23-12)10-21-19(20-3)22-11-16-17(26-6)8-14(25-5)9-18(16)27-7/h8-9H,10-11H2,1-7H3,(H2,20,21,22). The Morgan fingerprint density at radius 3 is 1.96 bits per heavy atom. The van der Waals surface area contributed by atoms with Crippen LogP contribution in [0.5, 0.6) is 17.2 Å². The van der Waals surface area contributed by atoms with Crippen LogP contribution in [0.15, 0.2) is 17.1 Å². The smallest absolute Gasteiger partial charge is 0.191 e.